The van der Waals surface area contributed by atoms with Gasteiger partial charge in [0.05, 0.1) is 0 Å². The van der Waals surface area contributed by atoms with Gasteiger partial charge in [0.1, 0.15) is 0 Å². The third-order valence-electron chi connectivity index (χ3n) is 0. The Hall–Kier alpha value is 10.9. The molecule has 0 saturated heterocycles. The van der Waals surface area contributed by atoms with E-state index in [2.05, 4.69) is 0 Å². The van der Waals surface area contributed by atoms with E-state index >= 15 is 0 Å². The summed E-state index contributed by atoms with van der Waals surface area (Å²) in [6.07, 6.45) is 0. The van der Waals surface area contributed by atoms with Crippen molar-refractivity contribution in [2.45, 2.75) is 0 Å². The molecule has 0 fully saturated rings. The summed E-state index contributed by atoms with van der Waals surface area (Å²) in [5.41, 5.74) is 0. The molecular formula is AsCs5O7Ti. The molecule has 0 spiro atoms. The molecule has 0 bridgehead atoms. The van der Waals surface area contributed by atoms with Crippen molar-refractivity contribution in [3.63, 3.8) is 0 Å². The van der Waals surface area contributed by atoms with Crippen LogP contribution in [0.2, 0.25) is 0 Å². The van der Waals surface area contributed by atoms with Gasteiger partial charge in [0.25, 0.3) is 0 Å². The number of hydrogen-bond donors (Lipinski definition) is 0. The zero-order chi connectivity index (χ0) is 8.08. The Labute approximate surface area is 387 Å². The molecule has 0 rings (SSSR count). The van der Waals surface area contributed by atoms with Gasteiger partial charge in [-0.05, 0) is 0 Å². The Bertz CT molecular complexity index is 122. The quantitative estimate of drug-likeness (QED) is 0.220. The van der Waals surface area contributed by atoms with Crippen LogP contribution in [0.25, 0.3) is 0 Å². The first-order valence-corrected chi connectivity index (χ1v) is 6.32. The maximum atomic E-state index is 8.61. The van der Waals surface area contributed by atoms with Gasteiger partial charge in [0, 0.05) is 0 Å². The van der Waals surface area contributed by atoms with Crippen molar-refractivity contribution < 1.29 is 390 Å². The van der Waals surface area contributed by atoms with Crippen LogP contribution >= 0.6 is 0 Å². The molecule has 0 aromatic heterocycles. The molecule has 0 amide bonds. The number of hydrogen-bond acceptors (Lipinski definition) is 7. The first-order valence-electron chi connectivity index (χ1n) is 1.34. The normalized spacial score (nSPS) is 6.07. The van der Waals surface area contributed by atoms with E-state index in [4.69, 9.17) is 26.7 Å². The van der Waals surface area contributed by atoms with Crippen LogP contribution in [-0.4, -0.2) is 14.5 Å². The van der Waals surface area contributed by atoms with Gasteiger partial charge in [-0.2, -0.15) is 0 Å². The first-order chi connectivity index (χ1) is 3.73. The molecular weight excluding hydrogens is 899 g/mol. The van der Waals surface area contributed by atoms with E-state index in [9.17, 15) is 0 Å². The summed E-state index contributed by atoms with van der Waals surface area (Å²) in [7, 11) is 0. The van der Waals surface area contributed by atoms with Crippen molar-refractivity contribution in [1.29, 1.82) is 0 Å². The van der Waals surface area contributed by atoms with Gasteiger partial charge in [-0.1, -0.05) is 0 Å². The molecule has 0 aliphatic carbocycles. The molecule has 0 heterocycles. The second-order valence-electron chi connectivity index (χ2n) is 0.697. The summed E-state index contributed by atoms with van der Waals surface area (Å²) in [5, 5.41) is 0. The van der Waals surface area contributed by atoms with Crippen molar-refractivity contribution in [2.24, 2.45) is 0 Å². The molecule has 0 aliphatic rings. The second-order valence-corrected chi connectivity index (χ2v) is 3.35. The van der Waals surface area contributed by atoms with Crippen LogP contribution in [-0.2, 0) is 25.7 Å². The van der Waals surface area contributed by atoms with Gasteiger partial charge >= 0.3 is 404 Å². The van der Waals surface area contributed by atoms with Crippen molar-refractivity contribution in [3.8, 4) is 0 Å². The van der Waals surface area contributed by atoms with Gasteiger partial charge in [-0.15, -0.1) is 0 Å². The Balaban J connectivity index is -0.0000000104. The Morgan fingerprint density at radius 3 is 0.786 bits per heavy atom. The van der Waals surface area contributed by atoms with E-state index in [-0.39, 0.29) is 344 Å². The van der Waals surface area contributed by atoms with Gasteiger partial charge < -0.3 is 0 Å². The van der Waals surface area contributed by atoms with E-state index in [0.717, 1.165) is 0 Å². The van der Waals surface area contributed by atoms with Gasteiger partial charge in [-0.25, -0.2) is 0 Å². The van der Waals surface area contributed by atoms with Crippen LogP contribution < -0.4 is 364 Å². The van der Waals surface area contributed by atoms with Crippen LogP contribution in [0.5, 0.6) is 0 Å². The molecule has 56 valence electrons. The van der Waals surface area contributed by atoms with E-state index in [1.165, 1.54) is 0 Å². The fourth-order valence-corrected chi connectivity index (χ4v) is 0. The van der Waals surface area contributed by atoms with Crippen molar-refractivity contribution in [2.75, 3.05) is 0 Å². The van der Waals surface area contributed by atoms with E-state index in [1.807, 2.05) is 0 Å². The van der Waals surface area contributed by atoms with Crippen LogP contribution in [0.3, 0.4) is 0 Å². The van der Waals surface area contributed by atoms with Gasteiger partial charge in [-0.3, -0.25) is 0 Å². The summed E-state index contributed by atoms with van der Waals surface area (Å²) in [4.78, 5) is 0. The molecule has 0 aliphatic heterocycles. The fraction of sp³-hybridized carbons (Fsp3) is 0. The van der Waals surface area contributed by atoms with Crippen LogP contribution in [0.15, 0.2) is 0 Å². The summed E-state index contributed by atoms with van der Waals surface area (Å²) in [5.74, 6) is 0. The molecule has 14 heavy (non-hydrogen) atoms. The summed E-state index contributed by atoms with van der Waals surface area (Å²) >= 11 is -9.96. The van der Waals surface area contributed by atoms with Gasteiger partial charge in [0.2, 0.25) is 0 Å². The van der Waals surface area contributed by atoms with Crippen LogP contribution in [0.1, 0.15) is 0 Å². The molecule has 0 aromatic rings. The van der Waals surface area contributed by atoms with Crippen LogP contribution in [0.4, 0.5) is 0 Å². The number of rotatable bonds is 0. The van der Waals surface area contributed by atoms with E-state index in [0.29, 0.717) is 0 Å². The maximum absolute atomic E-state index is 8.61. The van der Waals surface area contributed by atoms with Crippen molar-refractivity contribution in [1.82, 2.24) is 0 Å². The molecule has 0 unspecified atom stereocenters. The third-order valence-corrected chi connectivity index (χ3v) is 0. The molecule has 0 radical (unpaired) electrons. The van der Waals surface area contributed by atoms with Crippen LogP contribution in [0, 0.1) is 0 Å². The van der Waals surface area contributed by atoms with E-state index < -0.39 is 33.1 Å². The third kappa shape index (κ3) is 92.3. The zero-order valence-electron chi connectivity index (χ0n) is 8.80. The Kier molecular flexibility index (Phi) is 100. The molecule has 0 saturated carbocycles. The summed E-state index contributed by atoms with van der Waals surface area (Å²) in [6, 6.07) is 0. The topological polar surface area (TPSA) is 149 Å². The standard InChI is InChI=1S/AsH3O4.5Cs.3O.Ti/c2-1(3,4)5;;;;;;;;;/h(H3,2,3,4,5);;;;;;;;;/q;5*+1;;2*-1;/p-3. The molecule has 0 N–H and O–H groups in total. The predicted octanol–water partition coefficient (Wildman–Crippen LogP) is -21.5. The Morgan fingerprint density at radius 2 is 0.786 bits per heavy atom. The summed E-state index contributed by atoms with van der Waals surface area (Å²) < 4.78 is 60.2. The molecule has 0 atom stereocenters. The van der Waals surface area contributed by atoms with E-state index in [1.54, 1.807) is 0 Å². The monoisotopic (exact) mass is 899 g/mol. The molecule has 14 heteroatoms. The SMILES string of the molecule is O=[As]([O-])([O-])[O-].[Cs+].[Cs+].[Cs+].[Cs+].[Cs+].[O]=[Ti]([O-])[O-]. The average molecular weight is 899 g/mol. The zero-order valence-corrected chi connectivity index (χ0v) is 43.6. The van der Waals surface area contributed by atoms with Crippen molar-refractivity contribution >= 4 is 14.5 Å². The molecule has 0 aromatic carbocycles. The van der Waals surface area contributed by atoms with Gasteiger partial charge in [0.15, 0.2) is 0 Å². The molecule has 7 nitrogen and oxygen atoms in total. The fourth-order valence-electron chi connectivity index (χ4n) is 0. The predicted molar refractivity (Wildman–Crippen MR) is 7.13 cm³/mol. The Morgan fingerprint density at radius 1 is 0.786 bits per heavy atom. The minimum absolute atomic E-state index is 0. The van der Waals surface area contributed by atoms with Crippen molar-refractivity contribution in [3.05, 3.63) is 0 Å². The average Bonchev–Trinajstić information content (AvgIpc) is 1.19. The first kappa shape index (κ1) is 44.4. The second kappa shape index (κ2) is 31.7. The summed E-state index contributed by atoms with van der Waals surface area (Å²) in [6.45, 7) is 0. The minimum atomic E-state index is -5.88.